The Hall–Kier alpha value is -1.36. The summed E-state index contributed by atoms with van der Waals surface area (Å²) in [5.41, 5.74) is 1.22. The quantitative estimate of drug-likeness (QED) is 0.658. The van der Waals surface area contributed by atoms with E-state index in [0.29, 0.717) is 5.41 Å². The number of nitrogens with one attached hydrogen (secondary N) is 2. The fraction of sp³-hybridized carbons (Fsp3) is 0.733. The Morgan fingerprint density at radius 1 is 1.55 bits per heavy atom. The average Bonchev–Trinajstić information content (AvgIpc) is 3.12. The summed E-state index contributed by atoms with van der Waals surface area (Å²) in [6.45, 7) is 6.38. The van der Waals surface area contributed by atoms with E-state index in [1.807, 2.05) is 10.7 Å². The van der Waals surface area contributed by atoms with E-state index in [-0.39, 0.29) is 18.0 Å². The molecule has 2 heterocycles. The second kappa shape index (κ2) is 5.20. The van der Waals surface area contributed by atoms with Gasteiger partial charge in [-0.3, -0.25) is 10.1 Å². The number of hydrogen-bond acceptors (Lipinski definition) is 4. The lowest BCUT2D eigenvalue weighted by molar-refractivity contribution is 0.173. The maximum absolute atomic E-state index is 8.21. The van der Waals surface area contributed by atoms with E-state index in [0.717, 1.165) is 31.6 Å². The lowest BCUT2D eigenvalue weighted by atomic mass is 9.85. The van der Waals surface area contributed by atoms with Gasteiger partial charge in [0.15, 0.2) is 0 Å². The highest BCUT2D eigenvalue weighted by molar-refractivity contribution is 5.89. The van der Waals surface area contributed by atoms with Gasteiger partial charge < -0.3 is 10.1 Å². The van der Waals surface area contributed by atoms with Crippen molar-refractivity contribution in [3.8, 4) is 0 Å². The van der Waals surface area contributed by atoms with Crippen molar-refractivity contribution in [3.05, 3.63) is 18.0 Å². The van der Waals surface area contributed by atoms with Crippen molar-refractivity contribution < 1.29 is 4.74 Å². The van der Waals surface area contributed by atoms with Gasteiger partial charge in [0.25, 0.3) is 0 Å². The summed E-state index contributed by atoms with van der Waals surface area (Å²) in [5.74, 6) is 0.268. The molecule has 0 aromatic carbocycles. The van der Waals surface area contributed by atoms with Crippen LogP contribution in [-0.2, 0) is 4.74 Å². The zero-order chi connectivity index (χ0) is 14.2. The van der Waals surface area contributed by atoms with E-state index in [4.69, 9.17) is 10.1 Å². The predicted molar refractivity (Wildman–Crippen MR) is 78.1 cm³/mol. The number of ether oxygens (including phenoxy) is 1. The molecule has 2 aliphatic rings. The van der Waals surface area contributed by atoms with Crippen LogP contribution in [0.25, 0.3) is 0 Å². The van der Waals surface area contributed by atoms with E-state index < -0.39 is 0 Å². The van der Waals surface area contributed by atoms with Gasteiger partial charge >= 0.3 is 0 Å². The zero-order valence-corrected chi connectivity index (χ0v) is 12.4. The van der Waals surface area contributed by atoms with Gasteiger partial charge in [-0.25, -0.2) is 0 Å². The molecule has 0 bridgehead atoms. The Balaban J connectivity index is 1.63. The molecule has 5 heteroatoms. The number of nitrogens with zero attached hydrogens (tertiary/aromatic N) is 2. The van der Waals surface area contributed by atoms with Crippen LogP contribution in [0, 0.1) is 10.8 Å². The lowest BCUT2D eigenvalue weighted by Crippen LogP contribution is -2.24. The van der Waals surface area contributed by atoms with Crippen molar-refractivity contribution in [2.75, 3.05) is 13.1 Å². The predicted octanol–water partition coefficient (Wildman–Crippen LogP) is 2.34. The van der Waals surface area contributed by atoms with Gasteiger partial charge in [0.1, 0.15) is 11.8 Å². The van der Waals surface area contributed by atoms with Gasteiger partial charge in [-0.2, -0.15) is 5.10 Å². The van der Waals surface area contributed by atoms with E-state index in [9.17, 15) is 0 Å². The van der Waals surface area contributed by atoms with E-state index in [1.54, 1.807) is 6.20 Å². The van der Waals surface area contributed by atoms with Gasteiger partial charge in [-0.1, -0.05) is 0 Å². The second-order valence-corrected chi connectivity index (χ2v) is 6.49. The molecule has 1 aromatic rings. The van der Waals surface area contributed by atoms with Gasteiger partial charge in [0.05, 0.1) is 0 Å². The fourth-order valence-corrected chi connectivity index (χ4v) is 3.57. The summed E-state index contributed by atoms with van der Waals surface area (Å²) < 4.78 is 7.78. The Morgan fingerprint density at radius 2 is 2.40 bits per heavy atom. The third-order valence-corrected chi connectivity index (χ3v) is 4.67. The fourth-order valence-electron chi connectivity index (χ4n) is 3.57. The lowest BCUT2D eigenvalue weighted by Gasteiger charge is -2.22. The third kappa shape index (κ3) is 2.46. The molecule has 1 saturated carbocycles. The summed E-state index contributed by atoms with van der Waals surface area (Å²) in [6.07, 6.45) is 6.56. The topological polar surface area (TPSA) is 62.9 Å². The number of aromatic nitrogens is 2. The Labute approximate surface area is 120 Å². The van der Waals surface area contributed by atoms with Crippen molar-refractivity contribution >= 4 is 5.90 Å². The molecule has 1 aliphatic heterocycles. The normalized spacial score (nSPS) is 29.4. The molecule has 1 saturated heterocycles. The summed E-state index contributed by atoms with van der Waals surface area (Å²) in [4.78, 5) is 0. The highest BCUT2D eigenvalue weighted by Crippen LogP contribution is 2.44. The van der Waals surface area contributed by atoms with E-state index in [2.05, 4.69) is 24.3 Å². The van der Waals surface area contributed by atoms with Crippen molar-refractivity contribution in [2.24, 2.45) is 5.41 Å². The molecule has 2 atom stereocenters. The highest BCUT2D eigenvalue weighted by atomic mass is 16.5. The monoisotopic (exact) mass is 276 g/mol. The summed E-state index contributed by atoms with van der Waals surface area (Å²) in [6, 6.07) is 2.11. The van der Waals surface area contributed by atoms with Gasteiger partial charge in [-0.05, 0) is 57.6 Å². The van der Waals surface area contributed by atoms with Gasteiger partial charge in [0, 0.05) is 18.8 Å². The molecule has 110 valence electrons. The van der Waals surface area contributed by atoms with Crippen LogP contribution in [0.5, 0.6) is 0 Å². The van der Waals surface area contributed by atoms with Crippen LogP contribution in [-0.4, -0.2) is 34.9 Å². The minimum Gasteiger partial charge on any atom is -0.473 e. The highest BCUT2D eigenvalue weighted by Gasteiger charge is 2.42. The number of hydrogen-bond donors (Lipinski definition) is 2. The Kier molecular flexibility index (Phi) is 3.54. The molecule has 1 aliphatic carbocycles. The summed E-state index contributed by atoms with van der Waals surface area (Å²) in [5, 5.41) is 15.9. The van der Waals surface area contributed by atoms with Crippen LogP contribution in [0.15, 0.2) is 12.3 Å². The van der Waals surface area contributed by atoms with Crippen molar-refractivity contribution in [1.29, 1.82) is 5.41 Å². The standard InChI is InChI=1S/C15H24N4O/c1-11(2)19-13(4-7-18-19)14(16)20-12-3-5-15(9-12)6-8-17-10-15/h4,7,11-12,16-17H,3,5-6,8-10H2,1-2H3/t12?,15-/m0/s1. The largest absolute Gasteiger partial charge is 0.473 e. The molecule has 20 heavy (non-hydrogen) atoms. The van der Waals surface area contributed by atoms with Gasteiger partial charge in [-0.15, -0.1) is 0 Å². The van der Waals surface area contributed by atoms with Crippen molar-refractivity contribution in [3.63, 3.8) is 0 Å². The van der Waals surface area contributed by atoms with E-state index in [1.165, 1.54) is 12.8 Å². The molecule has 2 N–H and O–H groups in total. The first-order valence-electron chi connectivity index (χ1n) is 7.59. The first-order valence-corrected chi connectivity index (χ1v) is 7.59. The van der Waals surface area contributed by atoms with Crippen LogP contribution in [0.2, 0.25) is 0 Å². The second-order valence-electron chi connectivity index (χ2n) is 6.49. The first-order chi connectivity index (χ1) is 9.60. The first kappa shape index (κ1) is 13.6. The SMILES string of the molecule is CC(C)n1nccc1C(=N)OC1CC[C@]2(CCNC2)C1. The van der Waals surface area contributed by atoms with Gasteiger partial charge in [0.2, 0.25) is 5.90 Å². The van der Waals surface area contributed by atoms with Crippen LogP contribution in [0.3, 0.4) is 0 Å². The zero-order valence-electron chi connectivity index (χ0n) is 12.4. The van der Waals surface area contributed by atoms with Crippen LogP contribution < -0.4 is 5.32 Å². The molecular formula is C15H24N4O. The third-order valence-electron chi connectivity index (χ3n) is 4.67. The maximum Gasteiger partial charge on any atom is 0.232 e. The molecule has 0 amide bonds. The Bertz CT molecular complexity index is 488. The Morgan fingerprint density at radius 3 is 3.10 bits per heavy atom. The average molecular weight is 276 g/mol. The smallest absolute Gasteiger partial charge is 0.232 e. The van der Waals surface area contributed by atoms with Crippen molar-refractivity contribution in [1.82, 2.24) is 15.1 Å². The molecule has 1 unspecified atom stereocenters. The molecular weight excluding hydrogens is 252 g/mol. The molecule has 2 fully saturated rings. The summed E-state index contributed by atoms with van der Waals surface area (Å²) in [7, 11) is 0. The number of rotatable bonds is 3. The maximum atomic E-state index is 8.21. The molecule has 1 aromatic heterocycles. The minimum atomic E-state index is 0.193. The molecule has 5 nitrogen and oxygen atoms in total. The molecule has 3 rings (SSSR count). The molecule has 1 spiro atoms. The van der Waals surface area contributed by atoms with Crippen LogP contribution >= 0.6 is 0 Å². The van der Waals surface area contributed by atoms with E-state index >= 15 is 0 Å². The summed E-state index contributed by atoms with van der Waals surface area (Å²) >= 11 is 0. The minimum absolute atomic E-state index is 0.193. The molecule has 0 radical (unpaired) electrons. The van der Waals surface area contributed by atoms with Crippen LogP contribution in [0.1, 0.15) is 51.3 Å². The van der Waals surface area contributed by atoms with Crippen LogP contribution in [0.4, 0.5) is 0 Å². The van der Waals surface area contributed by atoms with Crippen molar-refractivity contribution in [2.45, 2.75) is 51.7 Å².